The van der Waals surface area contributed by atoms with Gasteiger partial charge in [-0.3, -0.25) is 9.78 Å². The molecule has 3 aromatic heterocycles. The molecule has 7 heteroatoms. The number of amides is 1. The Balaban J connectivity index is 1.43. The highest BCUT2D eigenvalue weighted by atomic mass is 16.6. The van der Waals surface area contributed by atoms with Crippen molar-refractivity contribution in [3.63, 3.8) is 0 Å². The third-order valence-corrected chi connectivity index (χ3v) is 4.49. The first kappa shape index (κ1) is 16.3. The Hall–Kier alpha value is -3.87. The van der Waals surface area contributed by atoms with E-state index in [0.717, 1.165) is 28.4 Å². The SMILES string of the molecule is O=C(Nc1ccc2nc(-c3ccc4c(c3)OCCO4)cn2c1)c1ccncc1. The van der Waals surface area contributed by atoms with E-state index < -0.39 is 0 Å². The number of hydrogen-bond acceptors (Lipinski definition) is 5. The average molecular weight is 372 g/mol. The van der Waals surface area contributed by atoms with Gasteiger partial charge in [0.15, 0.2) is 11.5 Å². The summed E-state index contributed by atoms with van der Waals surface area (Å²) in [5, 5.41) is 2.89. The molecule has 1 aliphatic rings. The Morgan fingerprint density at radius 2 is 1.79 bits per heavy atom. The molecule has 1 aromatic carbocycles. The lowest BCUT2D eigenvalue weighted by atomic mass is 10.1. The van der Waals surface area contributed by atoms with Crippen LogP contribution < -0.4 is 14.8 Å². The van der Waals surface area contributed by atoms with Crippen molar-refractivity contribution in [2.24, 2.45) is 0 Å². The first-order valence-corrected chi connectivity index (χ1v) is 8.86. The van der Waals surface area contributed by atoms with Crippen molar-refractivity contribution >= 4 is 17.2 Å². The summed E-state index contributed by atoms with van der Waals surface area (Å²) < 4.78 is 13.1. The van der Waals surface area contributed by atoms with E-state index in [2.05, 4.69) is 15.3 Å². The Morgan fingerprint density at radius 3 is 2.64 bits per heavy atom. The lowest BCUT2D eigenvalue weighted by Crippen LogP contribution is -2.15. The van der Waals surface area contributed by atoms with Crippen molar-refractivity contribution in [3.8, 4) is 22.8 Å². The zero-order chi connectivity index (χ0) is 18.9. The average Bonchev–Trinajstić information content (AvgIpc) is 3.17. The number of pyridine rings is 2. The van der Waals surface area contributed by atoms with Crippen molar-refractivity contribution in [2.75, 3.05) is 18.5 Å². The van der Waals surface area contributed by atoms with Crippen molar-refractivity contribution < 1.29 is 14.3 Å². The molecule has 0 spiro atoms. The summed E-state index contributed by atoms with van der Waals surface area (Å²) in [4.78, 5) is 20.9. The number of hydrogen-bond donors (Lipinski definition) is 1. The van der Waals surface area contributed by atoms with Crippen LogP contribution in [0, 0.1) is 0 Å². The van der Waals surface area contributed by atoms with Crippen LogP contribution in [0.5, 0.6) is 11.5 Å². The second-order valence-electron chi connectivity index (χ2n) is 6.36. The van der Waals surface area contributed by atoms with Crippen LogP contribution in [0.15, 0.2) is 67.3 Å². The van der Waals surface area contributed by atoms with Gasteiger partial charge in [-0.05, 0) is 42.5 Å². The van der Waals surface area contributed by atoms with Gasteiger partial charge >= 0.3 is 0 Å². The summed E-state index contributed by atoms with van der Waals surface area (Å²) in [5.74, 6) is 1.29. The highest BCUT2D eigenvalue weighted by Crippen LogP contribution is 2.34. The number of ether oxygens (including phenoxy) is 2. The predicted molar refractivity (Wildman–Crippen MR) is 104 cm³/mol. The summed E-state index contributed by atoms with van der Waals surface area (Å²) in [6.07, 6.45) is 6.94. The zero-order valence-corrected chi connectivity index (χ0v) is 14.8. The van der Waals surface area contributed by atoms with E-state index in [1.165, 1.54) is 0 Å². The third-order valence-electron chi connectivity index (χ3n) is 4.49. The van der Waals surface area contributed by atoms with Gasteiger partial charge in [0.05, 0.1) is 11.4 Å². The van der Waals surface area contributed by atoms with Crippen molar-refractivity contribution in [1.82, 2.24) is 14.4 Å². The van der Waals surface area contributed by atoms with E-state index in [0.29, 0.717) is 24.5 Å². The fraction of sp³-hybridized carbons (Fsp3) is 0.0952. The molecule has 0 saturated heterocycles. The zero-order valence-electron chi connectivity index (χ0n) is 14.8. The van der Waals surface area contributed by atoms with Gasteiger partial charge in [0.2, 0.25) is 0 Å². The quantitative estimate of drug-likeness (QED) is 0.596. The second-order valence-corrected chi connectivity index (χ2v) is 6.36. The minimum atomic E-state index is -0.186. The lowest BCUT2D eigenvalue weighted by Gasteiger charge is -2.18. The molecular weight excluding hydrogens is 356 g/mol. The minimum Gasteiger partial charge on any atom is -0.486 e. The Labute approximate surface area is 160 Å². The topological polar surface area (TPSA) is 77.8 Å². The summed E-state index contributed by atoms with van der Waals surface area (Å²) in [6, 6.07) is 12.8. The Morgan fingerprint density at radius 1 is 0.964 bits per heavy atom. The summed E-state index contributed by atoms with van der Waals surface area (Å²) in [7, 11) is 0. The Bertz CT molecular complexity index is 1170. The van der Waals surface area contributed by atoms with E-state index in [-0.39, 0.29) is 5.91 Å². The number of fused-ring (bicyclic) bond motifs is 2. The summed E-state index contributed by atoms with van der Waals surface area (Å²) in [6.45, 7) is 1.11. The number of nitrogens with zero attached hydrogens (tertiary/aromatic N) is 3. The standard InChI is InChI=1S/C21H16N4O3/c26-21(14-5-7-22-8-6-14)23-16-2-4-20-24-17(13-25(20)12-16)15-1-3-18-19(11-15)28-10-9-27-18/h1-8,11-13H,9-10H2,(H,23,26). The molecule has 0 fully saturated rings. The van der Waals surface area contributed by atoms with Crippen LogP contribution in [-0.2, 0) is 0 Å². The summed E-state index contributed by atoms with van der Waals surface area (Å²) >= 11 is 0. The maximum atomic E-state index is 12.3. The molecule has 138 valence electrons. The van der Waals surface area contributed by atoms with Gasteiger partial charge in [0, 0.05) is 35.9 Å². The van der Waals surface area contributed by atoms with Gasteiger partial charge in [-0.15, -0.1) is 0 Å². The number of imidazole rings is 1. The number of carbonyl (C=O) groups excluding carboxylic acids is 1. The van der Waals surface area contributed by atoms with E-state index in [4.69, 9.17) is 9.47 Å². The predicted octanol–water partition coefficient (Wildman–Crippen LogP) is 3.42. The van der Waals surface area contributed by atoms with Crippen LogP contribution in [0.2, 0.25) is 0 Å². The highest BCUT2D eigenvalue weighted by molar-refractivity contribution is 6.04. The number of anilines is 1. The van der Waals surface area contributed by atoms with Crippen LogP contribution in [0.3, 0.4) is 0 Å². The second kappa shape index (κ2) is 6.70. The number of aromatic nitrogens is 3. The largest absolute Gasteiger partial charge is 0.486 e. The molecule has 0 radical (unpaired) electrons. The number of carbonyl (C=O) groups is 1. The van der Waals surface area contributed by atoms with Crippen molar-refractivity contribution in [2.45, 2.75) is 0 Å². The molecule has 0 atom stereocenters. The molecule has 0 unspecified atom stereocenters. The molecule has 4 heterocycles. The number of nitrogens with one attached hydrogen (secondary N) is 1. The van der Waals surface area contributed by atoms with Crippen LogP contribution in [-0.4, -0.2) is 33.5 Å². The van der Waals surface area contributed by atoms with Crippen LogP contribution in [0.1, 0.15) is 10.4 Å². The minimum absolute atomic E-state index is 0.186. The molecular formula is C21H16N4O3. The molecule has 7 nitrogen and oxygen atoms in total. The first-order chi connectivity index (χ1) is 13.8. The fourth-order valence-corrected chi connectivity index (χ4v) is 3.11. The van der Waals surface area contributed by atoms with Crippen LogP contribution >= 0.6 is 0 Å². The fourth-order valence-electron chi connectivity index (χ4n) is 3.11. The van der Waals surface area contributed by atoms with Crippen molar-refractivity contribution in [1.29, 1.82) is 0 Å². The van der Waals surface area contributed by atoms with Crippen molar-refractivity contribution in [3.05, 3.63) is 72.8 Å². The van der Waals surface area contributed by atoms with Gasteiger partial charge in [-0.25, -0.2) is 4.98 Å². The molecule has 1 aliphatic heterocycles. The molecule has 0 aliphatic carbocycles. The Kier molecular flexibility index (Phi) is 3.90. The molecule has 1 amide bonds. The number of benzene rings is 1. The number of rotatable bonds is 3. The van der Waals surface area contributed by atoms with Crippen LogP contribution in [0.4, 0.5) is 5.69 Å². The van der Waals surface area contributed by atoms with Crippen LogP contribution in [0.25, 0.3) is 16.9 Å². The van der Waals surface area contributed by atoms with Gasteiger partial charge < -0.3 is 19.2 Å². The molecule has 4 aromatic rings. The molecule has 0 saturated carbocycles. The molecule has 28 heavy (non-hydrogen) atoms. The van der Waals surface area contributed by atoms with E-state index in [1.807, 2.05) is 47.1 Å². The summed E-state index contributed by atoms with van der Waals surface area (Å²) in [5.41, 5.74) is 3.77. The van der Waals surface area contributed by atoms with Gasteiger partial charge in [0.25, 0.3) is 5.91 Å². The maximum absolute atomic E-state index is 12.3. The normalized spacial score (nSPS) is 12.7. The van der Waals surface area contributed by atoms with Gasteiger partial charge in [0.1, 0.15) is 18.9 Å². The van der Waals surface area contributed by atoms with E-state index >= 15 is 0 Å². The molecule has 1 N–H and O–H groups in total. The molecule has 5 rings (SSSR count). The van der Waals surface area contributed by atoms with Gasteiger partial charge in [-0.2, -0.15) is 0 Å². The van der Waals surface area contributed by atoms with Gasteiger partial charge in [-0.1, -0.05) is 0 Å². The highest BCUT2D eigenvalue weighted by Gasteiger charge is 2.14. The monoisotopic (exact) mass is 372 g/mol. The lowest BCUT2D eigenvalue weighted by molar-refractivity contribution is 0.102. The van der Waals surface area contributed by atoms with E-state index in [1.54, 1.807) is 24.5 Å². The third kappa shape index (κ3) is 3.03. The maximum Gasteiger partial charge on any atom is 0.255 e. The smallest absolute Gasteiger partial charge is 0.255 e. The molecule has 0 bridgehead atoms. The van der Waals surface area contributed by atoms with E-state index in [9.17, 15) is 4.79 Å². The first-order valence-electron chi connectivity index (χ1n) is 8.86.